The number of likely N-dealkylation sites (N-methyl/N-ethyl adjacent to an activating group) is 1. The fraction of sp³-hybridized carbons (Fsp3) is 0.385. The number of imide groups is 2. The van der Waals surface area contributed by atoms with E-state index in [0.29, 0.717) is 54.3 Å². The highest BCUT2D eigenvalue weighted by Crippen LogP contribution is 2.65. The number of ketones is 1. The van der Waals surface area contributed by atoms with Crippen molar-refractivity contribution in [3.63, 3.8) is 0 Å². The summed E-state index contributed by atoms with van der Waals surface area (Å²) in [5.74, 6) is 0.445. The highest BCUT2D eigenvalue weighted by molar-refractivity contribution is 7.99. The number of anilines is 3. The molecule has 2 unspecified atom stereocenters. The van der Waals surface area contributed by atoms with Crippen LogP contribution in [0.3, 0.4) is 0 Å². The Kier molecular flexibility index (Phi) is 31.6. The van der Waals surface area contributed by atoms with Crippen LogP contribution in [0.25, 0.3) is 0 Å². The summed E-state index contributed by atoms with van der Waals surface area (Å²) in [6.07, 6.45) is 10.4. The van der Waals surface area contributed by atoms with Crippen LogP contribution in [0.15, 0.2) is 217 Å². The number of ether oxygens (including phenoxy) is 1. The Balaban J connectivity index is 0.000000158. The number of phenols is 3. The maximum absolute atomic E-state index is 12.7. The van der Waals surface area contributed by atoms with Gasteiger partial charge in [-0.05, 0) is 218 Å². The molecular weight excluding hydrogens is 1510 g/mol. The minimum absolute atomic E-state index is 0.0454. The first-order valence-corrected chi connectivity index (χ1v) is 41.5. The number of carboxylic acid groups (broad SMARTS) is 1. The standard InChI is InChI=1S/C20H23NO4.C17H20N2S.C15H15NO2S.C14H23NO.C11H16N2O3.C8H9NO2.C6H5NO2/c22-13-4-3-12-9-15-20(24)6-5-14(23)18-19(20,16(12)17(13)25-18)7-8-21(15)10-11-1-2-11;1-13(18(2)3)12-19-14-8-4-6-10-16(14)20-17-11-7-5-9-15(17)19;16-14(17)11-19(18)15(12-7-3-1-4-8-12)13-9-5-2-6-10-13;1-5-14(11(2)10-15(3)4)12-7-6-8-13(16)9-12;1-4-5-11(6-7(2)3)8(14)12-10(16)13-9(11)15;1-6(10)9-7-2-4-8(11)5-3-7;8-6(9)5-2-1-3-7-4-5/h3-4,11,15,18,22,24H,1-2,5-10H2;4-11,13H,12H2,1-3H3;1-10,15H,11H2,(H2,16,17);6-9,11,14,16H,5,10H2,1-4H3;4,7H,1,5-6H2,2-3H3,(H2,12,13,14,15,16);2-5,11H,1H3,(H,9,10);1-4H,(H,8,9)/t15-,18+,19+,20-;;;11-,14+;;;/m1..0.../s1. The molecule has 3 aliphatic carbocycles. The van der Waals surface area contributed by atoms with E-state index in [2.05, 4.69) is 151 Å². The number of fused-ring (bicyclic) bond motifs is 2. The number of urea groups is 1. The highest BCUT2D eigenvalue weighted by atomic mass is 32.2. The van der Waals surface area contributed by atoms with Gasteiger partial charge in [0.1, 0.15) is 16.9 Å². The number of amides is 6. The summed E-state index contributed by atoms with van der Waals surface area (Å²) < 4.78 is 18.4. The van der Waals surface area contributed by atoms with Crippen LogP contribution in [0.5, 0.6) is 23.0 Å². The van der Waals surface area contributed by atoms with Gasteiger partial charge < -0.3 is 60.6 Å². The Morgan fingerprint density at radius 2 is 1.37 bits per heavy atom. The number of barbiturate groups is 1. The number of hydrogen-bond acceptors (Lipinski definition) is 19. The first kappa shape index (κ1) is 89.6. The summed E-state index contributed by atoms with van der Waals surface area (Å²) in [6, 6.07) is 56.9. The van der Waals surface area contributed by atoms with Gasteiger partial charge in [-0.15, -0.1) is 6.58 Å². The van der Waals surface area contributed by atoms with E-state index in [9.17, 15) is 53.4 Å². The van der Waals surface area contributed by atoms with E-state index in [1.165, 1.54) is 83.2 Å². The van der Waals surface area contributed by atoms with Gasteiger partial charge >= 0.3 is 12.0 Å². The van der Waals surface area contributed by atoms with Gasteiger partial charge in [-0.25, -0.2) is 9.59 Å². The molecule has 1 spiro atoms. The van der Waals surface area contributed by atoms with Crippen molar-refractivity contribution in [2.45, 2.75) is 149 Å². The minimum Gasteiger partial charge on any atom is -0.615 e. The van der Waals surface area contributed by atoms with Crippen molar-refractivity contribution in [1.29, 1.82) is 0 Å². The number of carbonyl (C=O) groups excluding carboxylic acids is 6. The van der Waals surface area contributed by atoms with Crippen LogP contribution in [0.1, 0.15) is 142 Å². The van der Waals surface area contributed by atoms with Crippen LogP contribution in [0, 0.1) is 23.2 Å². The largest absolute Gasteiger partial charge is 0.615 e. The SMILES string of the molecule is C=CCC1(CC(C)C)C(=O)NC(=O)NC1=O.CC(=O)Nc1ccc(O)cc1.CC(CN1c2ccccc2Sc2ccccc21)N(C)C.CC[C@@H](c1cccc(O)c1)[C@@H](C)CN(C)C.NC(=O)C[S+]([O-])C(c1ccccc1)c1ccccc1.O=C(O)c1cccnc1.O=C1CC[C@@]2(O)[C@H]3Cc4ccc(O)c5c4[C@@]2(CCN3CC2CC2)[C@H]1O5. The summed E-state index contributed by atoms with van der Waals surface area (Å²) in [5, 5.41) is 55.6. The quantitative estimate of drug-likeness (QED) is 0.0140. The van der Waals surface area contributed by atoms with E-state index in [0.717, 1.165) is 73.6 Å². The van der Waals surface area contributed by atoms with Gasteiger partial charge in [-0.1, -0.05) is 149 Å². The first-order chi connectivity index (χ1) is 55.3. The Labute approximate surface area is 688 Å². The lowest BCUT2D eigenvalue weighted by atomic mass is 9.49. The number of nitrogens with two attached hydrogens (primary N) is 1. The average Bonchev–Trinajstić information content (AvgIpc) is 1.45. The van der Waals surface area contributed by atoms with Crippen LogP contribution in [0.4, 0.5) is 21.9 Å². The molecule has 2 bridgehead atoms. The number of hydrogen-bond donors (Lipinski definition) is 9. The number of aliphatic hydroxyl groups is 1. The van der Waals surface area contributed by atoms with E-state index in [1.54, 1.807) is 30.3 Å². The topological polar surface area (TPSA) is 341 Å². The molecular formula is C91H111N9O14S2. The number of Topliss-reactive ketones (excluding diaryl/α,β-unsaturated/α-hetero) is 1. The van der Waals surface area contributed by atoms with Crippen molar-refractivity contribution in [3.05, 3.63) is 240 Å². The lowest BCUT2D eigenvalue weighted by Crippen LogP contribution is -2.76. The fourth-order valence-electron chi connectivity index (χ4n) is 16.3. The molecule has 7 aliphatic rings. The van der Waals surface area contributed by atoms with Crippen molar-refractivity contribution in [3.8, 4) is 23.0 Å². The van der Waals surface area contributed by atoms with E-state index < -0.39 is 63.4 Å². The number of piperidine rings is 1. The van der Waals surface area contributed by atoms with E-state index >= 15 is 0 Å². The molecule has 10 N–H and O–H groups in total. The third-order valence-corrected chi connectivity index (χ3v) is 24.7. The second-order valence-electron chi connectivity index (χ2n) is 31.4. The minimum atomic E-state index is -1.36. The number of para-hydroxylation sites is 2. The van der Waals surface area contributed by atoms with Gasteiger partial charge in [0, 0.05) is 89.6 Å². The Morgan fingerprint density at radius 3 is 1.88 bits per heavy atom. The molecule has 616 valence electrons. The molecule has 6 amide bonds. The number of aromatic nitrogens is 1. The number of primary amides is 1. The van der Waals surface area contributed by atoms with Gasteiger partial charge in [0.25, 0.3) is 5.91 Å². The number of likely N-dealkylation sites (tertiary alicyclic amines) is 1. The fourth-order valence-corrected chi connectivity index (χ4v) is 18.7. The molecule has 4 fully saturated rings. The normalized spacial score (nSPS) is 19.8. The van der Waals surface area contributed by atoms with Crippen LogP contribution in [0.2, 0.25) is 0 Å². The van der Waals surface area contributed by atoms with Crippen molar-refractivity contribution in [2.75, 3.05) is 70.3 Å². The van der Waals surface area contributed by atoms with E-state index in [1.807, 2.05) is 104 Å². The number of pyridine rings is 1. The van der Waals surface area contributed by atoms with Crippen LogP contribution in [-0.4, -0.2) is 175 Å². The molecule has 7 aromatic carbocycles. The second kappa shape index (κ2) is 41.0. The lowest BCUT2D eigenvalue weighted by molar-refractivity contribution is -0.188. The zero-order valence-corrected chi connectivity index (χ0v) is 69.5. The van der Waals surface area contributed by atoms with E-state index in [-0.39, 0.29) is 58.1 Å². The number of nitrogens with one attached hydrogen (secondary N) is 3. The van der Waals surface area contributed by atoms with Crippen LogP contribution in [-0.2, 0) is 47.0 Å². The van der Waals surface area contributed by atoms with E-state index in [4.69, 9.17) is 20.7 Å². The van der Waals surface area contributed by atoms with Crippen LogP contribution < -0.4 is 31.3 Å². The Morgan fingerprint density at radius 1 is 0.776 bits per heavy atom. The molecule has 15 rings (SSSR count). The zero-order valence-electron chi connectivity index (χ0n) is 67.8. The number of carbonyl (C=O) groups is 7. The maximum Gasteiger partial charge on any atom is 0.337 e. The number of aromatic carboxylic acids is 1. The first-order valence-electron chi connectivity index (χ1n) is 39.3. The summed E-state index contributed by atoms with van der Waals surface area (Å²) in [7, 11) is 8.49. The van der Waals surface area contributed by atoms with Crippen molar-refractivity contribution in [1.82, 2.24) is 30.3 Å². The van der Waals surface area contributed by atoms with Gasteiger partial charge in [0.05, 0.1) is 28.0 Å². The lowest BCUT2D eigenvalue weighted by Gasteiger charge is -2.62. The zero-order chi connectivity index (χ0) is 84.2. The van der Waals surface area contributed by atoms with Crippen molar-refractivity contribution >= 4 is 81.4 Å². The number of aromatic hydroxyl groups is 3. The molecule has 23 nitrogen and oxygen atoms in total. The molecule has 2 saturated heterocycles. The maximum atomic E-state index is 12.7. The summed E-state index contributed by atoms with van der Waals surface area (Å²) in [5.41, 5.74) is 11.1. The third kappa shape index (κ3) is 22.2. The highest BCUT2D eigenvalue weighted by Gasteiger charge is 2.73. The van der Waals surface area contributed by atoms with Gasteiger partial charge in [-0.2, -0.15) is 0 Å². The molecule has 25 heteroatoms. The molecule has 116 heavy (non-hydrogen) atoms. The van der Waals surface area contributed by atoms with Gasteiger partial charge in [0.15, 0.2) is 34.4 Å². The molecule has 4 aliphatic heterocycles. The molecule has 1 aromatic heterocycles. The monoisotopic (exact) mass is 1620 g/mol. The average molecular weight is 1620 g/mol. The van der Waals surface area contributed by atoms with Gasteiger partial charge in [0.2, 0.25) is 17.7 Å². The molecule has 8 atom stereocenters. The number of rotatable bonds is 21. The predicted molar refractivity (Wildman–Crippen MR) is 455 cm³/mol. The number of phenolic OH excluding ortho intramolecular Hbond substituents is 3. The Hall–Kier alpha value is -10.4. The third-order valence-electron chi connectivity index (χ3n) is 21.9. The molecule has 8 aromatic rings. The number of carboxylic acids is 1. The number of allylic oxidation sites excluding steroid dienone is 1. The smallest absolute Gasteiger partial charge is 0.337 e. The number of benzene rings is 7. The van der Waals surface area contributed by atoms with Crippen molar-refractivity contribution in [2.24, 2.45) is 28.9 Å². The summed E-state index contributed by atoms with van der Waals surface area (Å²) >= 11 is 0.502. The predicted octanol–water partition coefficient (Wildman–Crippen LogP) is 13.9. The summed E-state index contributed by atoms with van der Waals surface area (Å²) in [4.78, 5) is 94.7. The molecule has 0 radical (unpaired) electrons. The van der Waals surface area contributed by atoms with Crippen molar-refractivity contribution < 1.29 is 68.4 Å². The van der Waals surface area contributed by atoms with Crippen LogP contribution >= 0.6 is 11.8 Å². The molecule has 5 heterocycles. The summed E-state index contributed by atoms with van der Waals surface area (Å²) in [6.45, 7) is 19.6. The molecule has 2 saturated carbocycles. The second-order valence-corrected chi connectivity index (χ2v) is 34.0. The van der Waals surface area contributed by atoms with Gasteiger partial charge in [-0.3, -0.25) is 44.5 Å². The Bertz CT molecular complexity index is 4570. The number of nitrogens with zero attached hydrogens (tertiary/aromatic N) is 5.